The average Bonchev–Trinajstić information content (AvgIpc) is 2.41. The molecule has 1 unspecified atom stereocenters. The molecule has 0 saturated heterocycles. The monoisotopic (exact) mass is 295 g/mol. The van der Waals surface area contributed by atoms with E-state index in [0.717, 1.165) is 16.7 Å². The van der Waals surface area contributed by atoms with Gasteiger partial charge in [0.1, 0.15) is 5.75 Å². The Morgan fingerprint density at radius 2 is 1.63 bits per heavy atom. The van der Waals surface area contributed by atoms with Gasteiger partial charge in [0.05, 0.1) is 18.2 Å². The topological polar surface area (TPSA) is 35.2 Å². The molecule has 0 aliphatic rings. The molecule has 2 rings (SSSR count). The Kier molecular flexibility index (Phi) is 4.35. The normalized spacial score (nSPS) is 12.3. The third-order valence-corrected chi connectivity index (χ3v) is 3.81. The third-order valence-electron chi connectivity index (χ3n) is 3.09. The van der Waals surface area contributed by atoms with Gasteiger partial charge in [0, 0.05) is 5.02 Å². The third kappa shape index (κ3) is 3.03. The summed E-state index contributed by atoms with van der Waals surface area (Å²) in [5.41, 5.74) is 9.18. The molecule has 0 radical (unpaired) electrons. The number of rotatable bonds is 3. The Hall–Kier alpha value is -1.22. The molecule has 0 amide bonds. The second-order valence-electron chi connectivity index (χ2n) is 4.38. The molecule has 0 saturated carbocycles. The van der Waals surface area contributed by atoms with E-state index in [9.17, 15) is 0 Å². The summed E-state index contributed by atoms with van der Waals surface area (Å²) in [6.07, 6.45) is 0. The predicted octanol–water partition coefficient (Wildman–Crippen LogP) is 4.36. The first-order valence-corrected chi connectivity index (χ1v) is 6.63. The number of halogens is 2. The van der Waals surface area contributed by atoms with Crippen molar-refractivity contribution in [2.24, 2.45) is 5.73 Å². The minimum atomic E-state index is -0.260. The van der Waals surface area contributed by atoms with Gasteiger partial charge in [0.15, 0.2) is 0 Å². The lowest BCUT2D eigenvalue weighted by Gasteiger charge is -2.15. The smallest absolute Gasteiger partial charge is 0.137 e. The SMILES string of the molecule is COc1cc(C(N)c2ccc(C)c(Cl)c2)ccc1Cl. The molecule has 2 aromatic rings. The van der Waals surface area contributed by atoms with Gasteiger partial charge >= 0.3 is 0 Å². The highest BCUT2D eigenvalue weighted by Crippen LogP contribution is 2.30. The summed E-state index contributed by atoms with van der Waals surface area (Å²) in [6, 6.07) is 11.1. The molecular weight excluding hydrogens is 281 g/mol. The number of methoxy groups -OCH3 is 1. The predicted molar refractivity (Wildman–Crippen MR) is 80.2 cm³/mol. The fourth-order valence-corrected chi connectivity index (χ4v) is 2.25. The Balaban J connectivity index is 2.37. The van der Waals surface area contributed by atoms with Crippen molar-refractivity contribution in [1.29, 1.82) is 0 Å². The lowest BCUT2D eigenvalue weighted by molar-refractivity contribution is 0.414. The zero-order valence-electron chi connectivity index (χ0n) is 10.8. The maximum Gasteiger partial charge on any atom is 0.137 e. The van der Waals surface area contributed by atoms with E-state index in [-0.39, 0.29) is 6.04 Å². The molecule has 0 aliphatic heterocycles. The van der Waals surface area contributed by atoms with Gasteiger partial charge in [-0.05, 0) is 41.8 Å². The van der Waals surface area contributed by atoms with E-state index in [1.165, 1.54) is 0 Å². The van der Waals surface area contributed by atoms with E-state index in [2.05, 4.69) is 0 Å². The van der Waals surface area contributed by atoms with E-state index < -0.39 is 0 Å². The maximum absolute atomic E-state index is 6.25. The van der Waals surface area contributed by atoms with Crippen molar-refractivity contribution in [3.05, 3.63) is 63.1 Å². The van der Waals surface area contributed by atoms with Gasteiger partial charge in [-0.15, -0.1) is 0 Å². The van der Waals surface area contributed by atoms with Crippen LogP contribution in [0.2, 0.25) is 10.0 Å². The van der Waals surface area contributed by atoms with E-state index >= 15 is 0 Å². The molecule has 100 valence electrons. The van der Waals surface area contributed by atoms with Crippen LogP contribution in [0.3, 0.4) is 0 Å². The summed E-state index contributed by atoms with van der Waals surface area (Å²) in [6.45, 7) is 1.96. The summed E-state index contributed by atoms with van der Waals surface area (Å²) in [5, 5.41) is 1.29. The summed E-state index contributed by atoms with van der Waals surface area (Å²) in [5.74, 6) is 0.618. The van der Waals surface area contributed by atoms with Gasteiger partial charge in [-0.2, -0.15) is 0 Å². The molecule has 0 heterocycles. The first kappa shape index (κ1) is 14.2. The lowest BCUT2D eigenvalue weighted by atomic mass is 9.98. The summed E-state index contributed by atoms with van der Waals surface area (Å²) in [4.78, 5) is 0. The standard InChI is InChI=1S/C15H15Cl2NO/c1-9-3-4-10(7-13(9)17)15(18)11-5-6-12(16)14(8-11)19-2/h3-8,15H,18H2,1-2H3. The molecule has 1 atom stereocenters. The molecule has 0 bridgehead atoms. The molecule has 0 spiro atoms. The van der Waals surface area contributed by atoms with Crippen molar-refractivity contribution in [3.8, 4) is 5.75 Å². The van der Waals surface area contributed by atoms with Gasteiger partial charge in [0.25, 0.3) is 0 Å². The van der Waals surface area contributed by atoms with Crippen molar-refractivity contribution in [3.63, 3.8) is 0 Å². The highest BCUT2D eigenvalue weighted by Gasteiger charge is 2.12. The second-order valence-corrected chi connectivity index (χ2v) is 5.19. The largest absolute Gasteiger partial charge is 0.495 e. The van der Waals surface area contributed by atoms with Crippen molar-refractivity contribution in [2.45, 2.75) is 13.0 Å². The Morgan fingerprint density at radius 3 is 2.26 bits per heavy atom. The number of benzene rings is 2. The van der Waals surface area contributed by atoms with Gasteiger partial charge < -0.3 is 10.5 Å². The number of nitrogens with two attached hydrogens (primary N) is 1. The van der Waals surface area contributed by atoms with Crippen LogP contribution in [-0.4, -0.2) is 7.11 Å². The number of hydrogen-bond donors (Lipinski definition) is 1. The van der Waals surface area contributed by atoms with Crippen LogP contribution in [0.1, 0.15) is 22.7 Å². The van der Waals surface area contributed by atoms with E-state index in [0.29, 0.717) is 15.8 Å². The molecule has 2 aromatic carbocycles. The fraction of sp³-hybridized carbons (Fsp3) is 0.200. The highest BCUT2D eigenvalue weighted by molar-refractivity contribution is 6.32. The van der Waals surface area contributed by atoms with Gasteiger partial charge in [-0.1, -0.05) is 41.4 Å². The molecule has 2 nitrogen and oxygen atoms in total. The van der Waals surface area contributed by atoms with Crippen LogP contribution in [0, 0.1) is 6.92 Å². The number of hydrogen-bond acceptors (Lipinski definition) is 2. The Morgan fingerprint density at radius 1 is 1.00 bits per heavy atom. The minimum Gasteiger partial charge on any atom is -0.495 e. The van der Waals surface area contributed by atoms with Crippen LogP contribution in [0.5, 0.6) is 5.75 Å². The minimum absolute atomic E-state index is 0.260. The molecular formula is C15H15Cl2NO. The zero-order valence-corrected chi connectivity index (χ0v) is 12.3. The van der Waals surface area contributed by atoms with Crippen molar-refractivity contribution >= 4 is 23.2 Å². The quantitative estimate of drug-likeness (QED) is 0.913. The molecule has 2 N–H and O–H groups in total. The van der Waals surface area contributed by atoms with E-state index in [1.54, 1.807) is 13.2 Å². The van der Waals surface area contributed by atoms with Crippen LogP contribution in [-0.2, 0) is 0 Å². The van der Waals surface area contributed by atoms with Crippen LogP contribution in [0.15, 0.2) is 36.4 Å². The first-order chi connectivity index (χ1) is 9.02. The van der Waals surface area contributed by atoms with E-state index in [1.807, 2.05) is 37.3 Å². The van der Waals surface area contributed by atoms with Crippen LogP contribution in [0.4, 0.5) is 0 Å². The Bertz CT molecular complexity index is 599. The summed E-state index contributed by atoms with van der Waals surface area (Å²) in [7, 11) is 1.58. The van der Waals surface area contributed by atoms with Crippen molar-refractivity contribution < 1.29 is 4.74 Å². The summed E-state index contributed by atoms with van der Waals surface area (Å²) >= 11 is 12.1. The van der Waals surface area contributed by atoms with Crippen molar-refractivity contribution in [1.82, 2.24) is 0 Å². The van der Waals surface area contributed by atoms with Crippen LogP contribution in [0.25, 0.3) is 0 Å². The lowest BCUT2D eigenvalue weighted by Crippen LogP contribution is -2.12. The fourth-order valence-electron chi connectivity index (χ4n) is 1.86. The van der Waals surface area contributed by atoms with Gasteiger partial charge in [0.2, 0.25) is 0 Å². The van der Waals surface area contributed by atoms with Gasteiger partial charge in [-0.3, -0.25) is 0 Å². The van der Waals surface area contributed by atoms with Crippen LogP contribution >= 0.6 is 23.2 Å². The highest BCUT2D eigenvalue weighted by atomic mass is 35.5. The number of aryl methyl sites for hydroxylation is 1. The van der Waals surface area contributed by atoms with Gasteiger partial charge in [-0.25, -0.2) is 0 Å². The van der Waals surface area contributed by atoms with Crippen molar-refractivity contribution in [2.75, 3.05) is 7.11 Å². The van der Waals surface area contributed by atoms with E-state index in [4.69, 9.17) is 33.7 Å². The average molecular weight is 296 g/mol. The summed E-state index contributed by atoms with van der Waals surface area (Å²) < 4.78 is 5.20. The second kappa shape index (κ2) is 5.83. The molecule has 0 aliphatic carbocycles. The maximum atomic E-state index is 6.25. The molecule has 0 aromatic heterocycles. The first-order valence-electron chi connectivity index (χ1n) is 5.88. The number of ether oxygens (including phenoxy) is 1. The zero-order chi connectivity index (χ0) is 14.0. The molecule has 4 heteroatoms. The van der Waals surface area contributed by atoms with Crippen LogP contribution < -0.4 is 10.5 Å². The Labute approximate surface area is 123 Å². The molecule has 0 fully saturated rings. The molecule has 19 heavy (non-hydrogen) atoms.